The van der Waals surface area contributed by atoms with Gasteiger partial charge in [-0.05, 0) is 35.9 Å². The number of carboxylic acids is 1. The van der Waals surface area contributed by atoms with Crippen molar-refractivity contribution in [3.8, 4) is 0 Å². The maximum absolute atomic E-state index is 13.2. The quantitative estimate of drug-likeness (QED) is 0.216. The van der Waals surface area contributed by atoms with E-state index < -0.39 is 31.5 Å². The van der Waals surface area contributed by atoms with Gasteiger partial charge >= 0.3 is 5.97 Å². The van der Waals surface area contributed by atoms with Crippen LogP contribution < -0.4 is 15.0 Å². The number of nitro groups is 1. The molecule has 0 aromatic heterocycles. The average molecular weight is 526 g/mol. The highest BCUT2D eigenvalue weighted by Gasteiger charge is 2.24. The minimum Gasteiger partial charge on any atom is -0.478 e. The number of para-hydroxylation sites is 1. The Balaban J connectivity index is 1.57. The van der Waals surface area contributed by atoms with Crippen molar-refractivity contribution < 1.29 is 28.0 Å². The Kier molecular flexibility index (Phi) is 7.65. The van der Waals surface area contributed by atoms with E-state index in [1.54, 1.807) is 0 Å². The number of nitrogens with zero attached hydrogens (tertiary/aromatic N) is 3. The van der Waals surface area contributed by atoms with Crippen molar-refractivity contribution in [1.82, 2.24) is 0 Å². The Bertz CT molecular complexity index is 1440. The molecule has 0 aliphatic carbocycles. The molecule has 0 saturated carbocycles. The van der Waals surface area contributed by atoms with E-state index in [-0.39, 0.29) is 16.9 Å². The Hall–Kier alpha value is -4.49. The van der Waals surface area contributed by atoms with Gasteiger partial charge in [-0.25, -0.2) is 13.2 Å². The first-order valence-corrected chi connectivity index (χ1v) is 12.6. The molecule has 192 valence electrons. The summed E-state index contributed by atoms with van der Waals surface area (Å²) >= 11 is 0. The van der Waals surface area contributed by atoms with Crippen molar-refractivity contribution in [2.24, 2.45) is 5.10 Å². The molecule has 0 atom stereocenters. The standard InChI is InChI=1S/C24H23N5O7S/c30-24(31)20-3-1-2-4-21(20)27-37(34,35)23-15-19(29(32)33)9-10-22(23)26-25-16-17-5-7-18(8-6-17)28-11-13-36-14-12-28/h1-10,15-16,26-27H,11-14H2,(H,30,31). The van der Waals surface area contributed by atoms with Crippen LogP contribution in [-0.4, -0.2) is 56.9 Å². The molecular weight excluding hydrogens is 502 g/mol. The number of rotatable bonds is 9. The summed E-state index contributed by atoms with van der Waals surface area (Å²) in [6, 6.07) is 16.3. The van der Waals surface area contributed by atoms with Gasteiger partial charge in [0.15, 0.2) is 0 Å². The van der Waals surface area contributed by atoms with Crippen LogP contribution in [0.1, 0.15) is 15.9 Å². The number of anilines is 3. The second-order valence-corrected chi connectivity index (χ2v) is 9.61. The van der Waals surface area contributed by atoms with Gasteiger partial charge in [-0.15, -0.1) is 0 Å². The second kappa shape index (κ2) is 11.1. The number of morpholine rings is 1. The van der Waals surface area contributed by atoms with E-state index >= 15 is 0 Å². The molecule has 0 unspecified atom stereocenters. The third kappa shape index (κ3) is 6.20. The smallest absolute Gasteiger partial charge is 0.337 e. The van der Waals surface area contributed by atoms with Crippen molar-refractivity contribution in [3.05, 3.63) is 88.0 Å². The van der Waals surface area contributed by atoms with Crippen LogP contribution in [0.5, 0.6) is 0 Å². The van der Waals surface area contributed by atoms with E-state index in [4.69, 9.17) is 4.74 Å². The van der Waals surface area contributed by atoms with E-state index in [2.05, 4.69) is 20.1 Å². The number of hydrazone groups is 1. The first kappa shape index (κ1) is 25.6. The fourth-order valence-corrected chi connectivity index (χ4v) is 4.92. The highest BCUT2D eigenvalue weighted by Crippen LogP contribution is 2.29. The number of aromatic carboxylic acids is 1. The van der Waals surface area contributed by atoms with Crippen molar-refractivity contribution in [1.29, 1.82) is 0 Å². The Morgan fingerprint density at radius 1 is 1.05 bits per heavy atom. The zero-order chi connectivity index (χ0) is 26.4. The summed E-state index contributed by atoms with van der Waals surface area (Å²) in [6.45, 7) is 2.95. The largest absolute Gasteiger partial charge is 0.478 e. The SMILES string of the molecule is O=C(O)c1ccccc1NS(=O)(=O)c1cc([N+](=O)[O-])ccc1NN=Cc1ccc(N2CCOCC2)cc1. The minimum atomic E-state index is -4.44. The van der Waals surface area contributed by atoms with Gasteiger partial charge in [-0.1, -0.05) is 24.3 Å². The lowest BCUT2D eigenvalue weighted by Crippen LogP contribution is -2.36. The van der Waals surface area contributed by atoms with Gasteiger partial charge in [-0.2, -0.15) is 5.10 Å². The molecule has 3 aromatic carbocycles. The molecule has 1 aliphatic rings. The predicted molar refractivity (Wildman–Crippen MR) is 138 cm³/mol. The second-order valence-electron chi connectivity index (χ2n) is 7.95. The zero-order valence-corrected chi connectivity index (χ0v) is 20.2. The number of nitrogens with one attached hydrogen (secondary N) is 2. The highest BCUT2D eigenvalue weighted by molar-refractivity contribution is 7.93. The van der Waals surface area contributed by atoms with Crippen LogP contribution in [0.25, 0.3) is 0 Å². The fraction of sp³-hybridized carbons (Fsp3) is 0.167. The van der Waals surface area contributed by atoms with E-state index in [0.29, 0.717) is 13.2 Å². The first-order valence-electron chi connectivity index (χ1n) is 11.1. The van der Waals surface area contributed by atoms with Crippen molar-refractivity contribution in [3.63, 3.8) is 0 Å². The number of benzene rings is 3. The zero-order valence-electron chi connectivity index (χ0n) is 19.4. The summed E-state index contributed by atoms with van der Waals surface area (Å²) in [5.74, 6) is -1.33. The molecule has 1 saturated heterocycles. The number of hydrogen-bond donors (Lipinski definition) is 3. The number of ether oxygens (including phenoxy) is 1. The molecule has 1 aliphatic heterocycles. The third-order valence-electron chi connectivity index (χ3n) is 5.54. The topological polar surface area (TPSA) is 163 Å². The Morgan fingerprint density at radius 3 is 2.43 bits per heavy atom. The molecule has 3 aromatic rings. The number of sulfonamides is 1. The summed E-state index contributed by atoms with van der Waals surface area (Å²) in [6.07, 6.45) is 1.48. The average Bonchev–Trinajstić information content (AvgIpc) is 2.89. The molecule has 0 amide bonds. The molecule has 0 bridgehead atoms. The summed E-state index contributed by atoms with van der Waals surface area (Å²) in [7, 11) is -4.44. The number of nitro benzene ring substituents is 1. The lowest BCUT2D eigenvalue weighted by Gasteiger charge is -2.28. The van der Waals surface area contributed by atoms with Gasteiger partial charge in [0.1, 0.15) is 4.90 Å². The Labute approximate surface area is 212 Å². The minimum absolute atomic E-state index is 0.0351. The van der Waals surface area contributed by atoms with E-state index in [1.807, 2.05) is 24.3 Å². The highest BCUT2D eigenvalue weighted by atomic mass is 32.2. The van der Waals surface area contributed by atoms with E-state index in [1.165, 1.54) is 36.5 Å². The first-order chi connectivity index (χ1) is 17.7. The summed E-state index contributed by atoms with van der Waals surface area (Å²) < 4.78 is 33.9. The predicted octanol–water partition coefficient (Wildman–Crippen LogP) is 3.38. The van der Waals surface area contributed by atoms with Crippen LogP contribution >= 0.6 is 0 Å². The number of carboxylic acid groups (broad SMARTS) is 1. The van der Waals surface area contributed by atoms with Gasteiger partial charge in [0.05, 0.1) is 41.3 Å². The summed E-state index contributed by atoms with van der Waals surface area (Å²) in [5.41, 5.74) is 3.46. The van der Waals surface area contributed by atoms with Crippen molar-refractivity contribution in [2.45, 2.75) is 4.90 Å². The monoisotopic (exact) mass is 525 g/mol. The molecule has 4 rings (SSSR count). The van der Waals surface area contributed by atoms with Crippen LogP contribution in [0.15, 0.2) is 76.7 Å². The van der Waals surface area contributed by atoms with Crippen LogP contribution in [-0.2, 0) is 14.8 Å². The van der Waals surface area contributed by atoms with Gasteiger partial charge in [0, 0.05) is 30.9 Å². The molecule has 1 heterocycles. The maximum Gasteiger partial charge on any atom is 0.337 e. The Morgan fingerprint density at radius 2 is 1.76 bits per heavy atom. The van der Waals surface area contributed by atoms with Crippen LogP contribution in [0.4, 0.5) is 22.7 Å². The lowest BCUT2D eigenvalue weighted by atomic mass is 10.2. The fourth-order valence-electron chi connectivity index (χ4n) is 3.67. The third-order valence-corrected chi connectivity index (χ3v) is 6.94. The van der Waals surface area contributed by atoms with Crippen LogP contribution in [0.3, 0.4) is 0 Å². The van der Waals surface area contributed by atoms with Crippen molar-refractivity contribution in [2.75, 3.05) is 41.4 Å². The van der Waals surface area contributed by atoms with E-state index in [9.17, 15) is 28.4 Å². The summed E-state index contributed by atoms with van der Waals surface area (Å²) in [5, 5.41) is 24.7. The van der Waals surface area contributed by atoms with Gasteiger partial charge in [0.25, 0.3) is 15.7 Å². The molecule has 37 heavy (non-hydrogen) atoms. The van der Waals surface area contributed by atoms with Crippen LogP contribution in [0.2, 0.25) is 0 Å². The van der Waals surface area contributed by atoms with Crippen molar-refractivity contribution >= 4 is 45.0 Å². The van der Waals surface area contributed by atoms with Crippen LogP contribution in [0, 0.1) is 10.1 Å². The molecule has 1 fully saturated rings. The maximum atomic E-state index is 13.2. The number of carbonyl (C=O) groups is 1. The van der Waals surface area contributed by atoms with Gasteiger partial charge < -0.3 is 14.7 Å². The molecule has 13 heteroatoms. The normalized spacial score (nSPS) is 13.9. The summed E-state index contributed by atoms with van der Waals surface area (Å²) in [4.78, 5) is 23.8. The van der Waals surface area contributed by atoms with Gasteiger partial charge in [0.2, 0.25) is 0 Å². The number of non-ortho nitro benzene ring substituents is 1. The molecule has 3 N–H and O–H groups in total. The number of hydrogen-bond acceptors (Lipinski definition) is 9. The lowest BCUT2D eigenvalue weighted by molar-refractivity contribution is -0.385. The molecule has 0 spiro atoms. The molecule has 0 radical (unpaired) electrons. The van der Waals surface area contributed by atoms with E-state index in [0.717, 1.165) is 36.5 Å². The van der Waals surface area contributed by atoms with Gasteiger partial charge in [-0.3, -0.25) is 20.3 Å². The molecule has 12 nitrogen and oxygen atoms in total. The molecular formula is C24H23N5O7S.